The summed E-state index contributed by atoms with van der Waals surface area (Å²) in [6.07, 6.45) is 2.37. The van der Waals surface area contributed by atoms with Gasteiger partial charge in [-0.1, -0.05) is 0 Å². The highest BCUT2D eigenvalue weighted by Crippen LogP contribution is 2.32. The molecule has 3 N–H and O–H groups in total. The molecule has 2 atom stereocenters. The second kappa shape index (κ2) is 6.99. The average molecular weight is 294 g/mol. The summed E-state index contributed by atoms with van der Waals surface area (Å²) in [4.78, 5) is 13.2. The Hall–Kier alpha value is -1.20. The number of methoxy groups -OCH3 is 1. The summed E-state index contributed by atoms with van der Waals surface area (Å²) in [5.74, 6) is 1.47. The molecule has 5 heteroatoms. The van der Waals surface area contributed by atoms with Crippen LogP contribution in [0.4, 0.5) is 0 Å². The number of hydrogen-bond donors (Lipinski definition) is 2. The minimum absolute atomic E-state index is 0.0631. The molecule has 0 bridgehead atoms. The Morgan fingerprint density at radius 2 is 2.10 bits per heavy atom. The number of thioether (sulfide) groups is 1. The topological polar surface area (TPSA) is 64.3 Å². The molecule has 110 valence electrons. The number of benzene rings is 1. The molecule has 1 aliphatic rings. The Morgan fingerprint density at radius 3 is 2.60 bits per heavy atom. The van der Waals surface area contributed by atoms with E-state index in [0.29, 0.717) is 12.5 Å². The number of nitrogens with one attached hydrogen (secondary N) is 1. The summed E-state index contributed by atoms with van der Waals surface area (Å²) in [7, 11) is 1.64. The molecule has 0 spiro atoms. The van der Waals surface area contributed by atoms with Crippen LogP contribution in [0.15, 0.2) is 29.2 Å². The highest BCUT2D eigenvalue weighted by atomic mass is 32.2. The van der Waals surface area contributed by atoms with Gasteiger partial charge in [-0.05, 0) is 49.9 Å². The van der Waals surface area contributed by atoms with Gasteiger partial charge in [0.1, 0.15) is 5.75 Å². The van der Waals surface area contributed by atoms with Crippen molar-refractivity contribution in [2.75, 3.05) is 13.7 Å². The van der Waals surface area contributed by atoms with Crippen molar-refractivity contribution < 1.29 is 9.53 Å². The third-order valence-electron chi connectivity index (χ3n) is 3.51. The lowest BCUT2D eigenvalue weighted by atomic mass is 10.2. The number of nitrogens with two attached hydrogens (primary N) is 1. The van der Waals surface area contributed by atoms with Crippen molar-refractivity contribution in [2.24, 2.45) is 11.7 Å². The van der Waals surface area contributed by atoms with Crippen molar-refractivity contribution in [3.05, 3.63) is 24.3 Å². The van der Waals surface area contributed by atoms with Crippen LogP contribution < -0.4 is 15.8 Å². The van der Waals surface area contributed by atoms with E-state index in [1.54, 1.807) is 18.9 Å². The van der Waals surface area contributed by atoms with Gasteiger partial charge in [0.05, 0.1) is 12.4 Å². The van der Waals surface area contributed by atoms with Crippen LogP contribution in [0.2, 0.25) is 0 Å². The second-order valence-electron chi connectivity index (χ2n) is 5.12. The zero-order valence-corrected chi connectivity index (χ0v) is 12.8. The van der Waals surface area contributed by atoms with Crippen molar-refractivity contribution in [3.63, 3.8) is 0 Å². The van der Waals surface area contributed by atoms with Crippen LogP contribution in [0.5, 0.6) is 5.75 Å². The van der Waals surface area contributed by atoms with Gasteiger partial charge in [-0.2, -0.15) is 0 Å². The van der Waals surface area contributed by atoms with Gasteiger partial charge in [-0.15, -0.1) is 11.8 Å². The molecule has 1 aliphatic carbocycles. The van der Waals surface area contributed by atoms with Gasteiger partial charge in [-0.25, -0.2) is 0 Å². The summed E-state index contributed by atoms with van der Waals surface area (Å²) < 4.78 is 5.12. The lowest BCUT2D eigenvalue weighted by Crippen LogP contribution is -2.44. The molecular weight excluding hydrogens is 272 g/mol. The maximum atomic E-state index is 12.2. The van der Waals surface area contributed by atoms with Crippen LogP contribution in [0.3, 0.4) is 0 Å². The quantitative estimate of drug-likeness (QED) is 0.755. The summed E-state index contributed by atoms with van der Waals surface area (Å²) in [5, 5.41) is 2.93. The molecule has 1 aromatic rings. The number of amides is 1. The van der Waals surface area contributed by atoms with E-state index in [1.807, 2.05) is 31.2 Å². The zero-order chi connectivity index (χ0) is 14.5. The molecule has 0 aromatic heterocycles. The Bertz CT molecular complexity index is 446. The summed E-state index contributed by atoms with van der Waals surface area (Å²) >= 11 is 1.55. The van der Waals surface area contributed by atoms with E-state index in [-0.39, 0.29) is 17.2 Å². The molecule has 20 heavy (non-hydrogen) atoms. The number of carbonyl (C=O) groups is 1. The summed E-state index contributed by atoms with van der Waals surface area (Å²) in [5.41, 5.74) is 5.71. The van der Waals surface area contributed by atoms with E-state index in [4.69, 9.17) is 10.5 Å². The van der Waals surface area contributed by atoms with E-state index in [9.17, 15) is 4.79 Å². The summed E-state index contributed by atoms with van der Waals surface area (Å²) in [6, 6.07) is 7.88. The fourth-order valence-electron chi connectivity index (χ4n) is 2.08. The van der Waals surface area contributed by atoms with Gasteiger partial charge in [0.2, 0.25) is 5.91 Å². The predicted octanol–water partition coefficient (Wildman–Crippen LogP) is 2.03. The van der Waals surface area contributed by atoms with E-state index in [1.165, 1.54) is 12.8 Å². The van der Waals surface area contributed by atoms with Gasteiger partial charge in [-0.3, -0.25) is 4.79 Å². The fraction of sp³-hybridized carbons (Fsp3) is 0.533. The van der Waals surface area contributed by atoms with Crippen molar-refractivity contribution >= 4 is 17.7 Å². The molecule has 0 radical (unpaired) electrons. The number of rotatable bonds is 7. The minimum Gasteiger partial charge on any atom is -0.497 e. The van der Waals surface area contributed by atoms with E-state index < -0.39 is 0 Å². The van der Waals surface area contributed by atoms with E-state index in [0.717, 1.165) is 10.6 Å². The normalized spacial score (nSPS) is 17.4. The molecule has 2 rings (SSSR count). The van der Waals surface area contributed by atoms with Gasteiger partial charge in [0, 0.05) is 17.5 Å². The second-order valence-corrected chi connectivity index (χ2v) is 6.54. The molecule has 0 saturated heterocycles. The Morgan fingerprint density at radius 1 is 1.45 bits per heavy atom. The van der Waals surface area contributed by atoms with Crippen LogP contribution >= 0.6 is 11.8 Å². The molecule has 0 heterocycles. The lowest BCUT2D eigenvalue weighted by molar-refractivity contribution is -0.121. The van der Waals surface area contributed by atoms with Crippen molar-refractivity contribution in [1.82, 2.24) is 5.32 Å². The largest absolute Gasteiger partial charge is 0.497 e. The SMILES string of the molecule is COc1ccc(SC(C)C(=O)NC(CN)C2CC2)cc1. The van der Waals surface area contributed by atoms with Gasteiger partial charge in [0.15, 0.2) is 0 Å². The van der Waals surface area contributed by atoms with E-state index >= 15 is 0 Å². The number of carbonyl (C=O) groups excluding carboxylic acids is 1. The van der Waals surface area contributed by atoms with Crippen molar-refractivity contribution in [2.45, 2.75) is 36.0 Å². The third kappa shape index (κ3) is 4.15. The maximum Gasteiger partial charge on any atom is 0.233 e. The first-order valence-corrected chi connectivity index (χ1v) is 7.83. The first kappa shape index (κ1) is 15.2. The van der Waals surface area contributed by atoms with Crippen molar-refractivity contribution in [1.29, 1.82) is 0 Å². The van der Waals surface area contributed by atoms with Crippen LogP contribution in [-0.2, 0) is 4.79 Å². The van der Waals surface area contributed by atoms with Crippen LogP contribution in [0.25, 0.3) is 0 Å². The van der Waals surface area contributed by atoms with Gasteiger partial charge >= 0.3 is 0 Å². The summed E-state index contributed by atoms with van der Waals surface area (Å²) in [6.45, 7) is 2.45. The monoisotopic (exact) mass is 294 g/mol. The predicted molar refractivity (Wildman–Crippen MR) is 82.0 cm³/mol. The van der Waals surface area contributed by atoms with Gasteiger partial charge < -0.3 is 15.8 Å². The van der Waals surface area contributed by atoms with Crippen molar-refractivity contribution in [3.8, 4) is 5.75 Å². The zero-order valence-electron chi connectivity index (χ0n) is 12.0. The Balaban J connectivity index is 1.86. The molecule has 4 nitrogen and oxygen atoms in total. The highest BCUT2D eigenvalue weighted by Gasteiger charge is 2.32. The van der Waals surface area contributed by atoms with Crippen LogP contribution in [0, 0.1) is 5.92 Å². The molecule has 0 aliphatic heterocycles. The number of ether oxygens (including phenoxy) is 1. The smallest absolute Gasteiger partial charge is 0.233 e. The van der Waals surface area contributed by atoms with E-state index in [2.05, 4.69) is 5.32 Å². The fourth-order valence-corrected chi connectivity index (χ4v) is 2.96. The maximum absolute atomic E-state index is 12.2. The first-order valence-electron chi connectivity index (χ1n) is 6.95. The third-order valence-corrected chi connectivity index (χ3v) is 4.63. The Kier molecular flexibility index (Phi) is 5.31. The molecule has 1 saturated carbocycles. The lowest BCUT2D eigenvalue weighted by Gasteiger charge is -2.19. The van der Waals surface area contributed by atoms with Crippen LogP contribution in [-0.4, -0.2) is 30.9 Å². The number of hydrogen-bond acceptors (Lipinski definition) is 4. The highest BCUT2D eigenvalue weighted by molar-refractivity contribution is 8.00. The Labute approximate surface area is 124 Å². The molecule has 1 fully saturated rings. The average Bonchev–Trinajstić information content (AvgIpc) is 3.29. The van der Waals surface area contributed by atoms with Gasteiger partial charge in [0.25, 0.3) is 0 Å². The minimum atomic E-state index is -0.129. The molecule has 1 aromatic carbocycles. The van der Waals surface area contributed by atoms with Crippen LogP contribution in [0.1, 0.15) is 19.8 Å². The molecular formula is C15H22N2O2S. The molecule has 1 amide bonds. The first-order chi connectivity index (χ1) is 9.63. The molecule has 2 unspecified atom stereocenters. The standard InChI is InChI=1S/C15H22N2O2S/c1-10(15(18)17-14(9-16)11-3-4-11)20-13-7-5-12(19-2)6-8-13/h5-8,10-11,14H,3-4,9,16H2,1-2H3,(H,17,18).